The zero-order valence-corrected chi connectivity index (χ0v) is 10.1. The summed E-state index contributed by atoms with van der Waals surface area (Å²) in [5.74, 6) is 1.60. The fraction of sp³-hybridized carbons (Fsp3) is 0.455. The lowest BCUT2D eigenvalue weighted by Crippen LogP contribution is -2.02. The van der Waals surface area contributed by atoms with Gasteiger partial charge >= 0.3 is 0 Å². The summed E-state index contributed by atoms with van der Waals surface area (Å²) in [4.78, 5) is 0.993. The normalized spacial score (nSPS) is 10.4. The molecule has 0 amide bonds. The highest BCUT2D eigenvalue weighted by molar-refractivity contribution is 7.99. The van der Waals surface area contributed by atoms with Crippen LogP contribution in [0.1, 0.15) is 0 Å². The first-order chi connectivity index (χ1) is 7.77. The van der Waals surface area contributed by atoms with Crippen LogP contribution in [0, 0.1) is 0 Å². The van der Waals surface area contributed by atoms with E-state index >= 15 is 0 Å². The second-order valence-electron chi connectivity index (χ2n) is 3.09. The van der Waals surface area contributed by atoms with Gasteiger partial charge in [-0.25, -0.2) is 0 Å². The van der Waals surface area contributed by atoms with E-state index in [1.807, 2.05) is 18.2 Å². The third-order valence-corrected chi connectivity index (χ3v) is 2.98. The quantitative estimate of drug-likeness (QED) is 0.430. The first-order valence-electron chi connectivity index (χ1n) is 5.03. The predicted molar refractivity (Wildman–Crippen MR) is 66.0 cm³/mol. The molecule has 0 saturated heterocycles. The molecule has 16 heavy (non-hydrogen) atoms. The van der Waals surface area contributed by atoms with E-state index in [1.54, 1.807) is 18.9 Å². The lowest BCUT2D eigenvalue weighted by atomic mass is 10.3. The van der Waals surface area contributed by atoms with Crippen molar-refractivity contribution in [1.29, 1.82) is 0 Å². The summed E-state index contributed by atoms with van der Waals surface area (Å²) in [7, 11) is 1.63. The second kappa shape index (κ2) is 7.38. The van der Waals surface area contributed by atoms with Crippen molar-refractivity contribution < 1.29 is 14.6 Å². The van der Waals surface area contributed by atoms with E-state index in [0.29, 0.717) is 13.2 Å². The van der Waals surface area contributed by atoms with Gasteiger partial charge in [0, 0.05) is 16.3 Å². The maximum atomic E-state index is 8.53. The van der Waals surface area contributed by atoms with Crippen molar-refractivity contribution in [3.63, 3.8) is 0 Å². The van der Waals surface area contributed by atoms with E-state index in [4.69, 9.17) is 20.3 Å². The first-order valence-corrected chi connectivity index (χ1v) is 6.01. The van der Waals surface area contributed by atoms with Crippen LogP contribution in [0.2, 0.25) is 0 Å². The number of hydrogen-bond acceptors (Lipinski definition) is 5. The molecule has 0 aliphatic carbocycles. The smallest absolute Gasteiger partial charge is 0.120 e. The molecule has 0 fully saturated rings. The third kappa shape index (κ3) is 4.30. The summed E-state index contributed by atoms with van der Waals surface area (Å²) >= 11 is 1.62. The number of benzene rings is 1. The fourth-order valence-electron chi connectivity index (χ4n) is 1.14. The molecule has 0 spiro atoms. The lowest BCUT2D eigenvalue weighted by Gasteiger charge is -2.07. The highest BCUT2D eigenvalue weighted by atomic mass is 32.2. The molecule has 0 aromatic heterocycles. The second-order valence-corrected chi connectivity index (χ2v) is 4.22. The Morgan fingerprint density at radius 2 is 2.19 bits per heavy atom. The Balaban J connectivity index is 2.40. The number of aliphatic hydroxyl groups excluding tert-OH is 1. The Bertz CT molecular complexity index is 320. The number of anilines is 1. The summed E-state index contributed by atoms with van der Waals surface area (Å²) in [6, 6.07) is 5.57. The van der Waals surface area contributed by atoms with Crippen LogP contribution >= 0.6 is 11.8 Å². The van der Waals surface area contributed by atoms with E-state index in [0.717, 1.165) is 22.1 Å². The number of nitrogen functional groups attached to an aromatic ring is 1. The van der Waals surface area contributed by atoms with Gasteiger partial charge in [-0.05, 0) is 18.2 Å². The SMILES string of the molecule is COc1ccc(N)c(SCCOCCO)c1. The molecule has 0 atom stereocenters. The molecule has 4 nitrogen and oxygen atoms in total. The molecule has 0 radical (unpaired) electrons. The summed E-state index contributed by atoms with van der Waals surface area (Å²) in [6.45, 7) is 1.04. The molecule has 0 saturated carbocycles. The van der Waals surface area contributed by atoms with Gasteiger partial charge in [-0.3, -0.25) is 0 Å². The summed E-state index contributed by atoms with van der Waals surface area (Å²) in [6.07, 6.45) is 0. The minimum absolute atomic E-state index is 0.0615. The van der Waals surface area contributed by atoms with E-state index in [1.165, 1.54) is 0 Å². The molecule has 0 aliphatic heterocycles. The minimum atomic E-state index is 0.0615. The van der Waals surface area contributed by atoms with E-state index in [-0.39, 0.29) is 6.61 Å². The standard InChI is InChI=1S/C11H17NO3S/c1-14-9-2-3-10(12)11(8-9)16-7-6-15-5-4-13/h2-3,8,13H,4-7,12H2,1H3. The topological polar surface area (TPSA) is 64.7 Å². The van der Waals surface area contributed by atoms with Crippen molar-refractivity contribution in [1.82, 2.24) is 0 Å². The zero-order chi connectivity index (χ0) is 11.8. The Hall–Kier alpha value is -0.910. The average molecular weight is 243 g/mol. The number of thioether (sulfide) groups is 1. The molecule has 0 bridgehead atoms. The van der Waals surface area contributed by atoms with Gasteiger partial charge in [0.25, 0.3) is 0 Å². The van der Waals surface area contributed by atoms with Crippen molar-refractivity contribution in [2.24, 2.45) is 0 Å². The largest absolute Gasteiger partial charge is 0.497 e. The van der Waals surface area contributed by atoms with Crippen molar-refractivity contribution in [2.45, 2.75) is 4.90 Å². The molecule has 0 unspecified atom stereocenters. The number of aliphatic hydroxyl groups is 1. The number of ether oxygens (including phenoxy) is 2. The van der Waals surface area contributed by atoms with Crippen LogP contribution in [-0.2, 0) is 4.74 Å². The molecule has 3 N–H and O–H groups in total. The maximum Gasteiger partial charge on any atom is 0.120 e. The molecule has 1 aromatic rings. The van der Waals surface area contributed by atoms with Crippen LogP contribution < -0.4 is 10.5 Å². The lowest BCUT2D eigenvalue weighted by molar-refractivity contribution is 0.103. The maximum absolute atomic E-state index is 8.53. The molecule has 0 heterocycles. The molecule has 90 valence electrons. The van der Waals surface area contributed by atoms with Crippen molar-refractivity contribution in [2.75, 3.05) is 38.4 Å². The van der Waals surface area contributed by atoms with Crippen molar-refractivity contribution >= 4 is 17.4 Å². The number of hydrogen-bond donors (Lipinski definition) is 2. The third-order valence-electron chi connectivity index (χ3n) is 1.94. The number of nitrogens with two attached hydrogens (primary N) is 1. The molecule has 5 heteroatoms. The Kier molecular flexibility index (Phi) is 6.07. The molecule has 0 aliphatic rings. The first kappa shape index (κ1) is 13.2. The van der Waals surface area contributed by atoms with Gasteiger partial charge in [0.15, 0.2) is 0 Å². The predicted octanol–water partition coefficient (Wildman–Crippen LogP) is 1.38. The molecular formula is C11H17NO3S. The van der Waals surface area contributed by atoms with Crippen LogP contribution in [0.4, 0.5) is 5.69 Å². The van der Waals surface area contributed by atoms with E-state index < -0.39 is 0 Å². The van der Waals surface area contributed by atoms with Crippen LogP contribution in [0.3, 0.4) is 0 Å². The van der Waals surface area contributed by atoms with Gasteiger partial charge in [0.1, 0.15) is 5.75 Å². The summed E-state index contributed by atoms with van der Waals surface area (Å²) in [5.41, 5.74) is 6.57. The van der Waals surface area contributed by atoms with Crippen molar-refractivity contribution in [3.8, 4) is 5.75 Å². The summed E-state index contributed by atoms with van der Waals surface area (Å²) in [5, 5.41) is 8.53. The van der Waals surface area contributed by atoms with Crippen molar-refractivity contribution in [3.05, 3.63) is 18.2 Å². The highest BCUT2D eigenvalue weighted by Gasteiger charge is 2.02. The molecule has 1 aromatic carbocycles. The van der Waals surface area contributed by atoms with Crippen LogP contribution in [0.25, 0.3) is 0 Å². The number of methoxy groups -OCH3 is 1. The Morgan fingerprint density at radius 1 is 1.38 bits per heavy atom. The fourth-order valence-corrected chi connectivity index (χ4v) is 2.00. The van der Waals surface area contributed by atoms with Crippen LogP contribution in [0.5, 0.6) is 5.75 Å². The minimum Gasteiger partial charge on any atom is -0.497 e. The molecular weight excluding hydrogens is 226 g/mol. The zero-order valence-electron chi connectivity index (χ0n) is 9.31. The van der Waals surface area contributed by atoms with Gasteiger partial charge in [-0.1, -0.05) is 0 Å². The van der Waals surface area contributed by atoms with E-state index in [2.05, 4.69) is 0 Å². The number of rotatable bonds is 7. The monoisotopic (exact) mass is 243 g/mol. The molecule has 1 rings (SSSR count). The Labute approximate surface area is 99.7 Å². The van der Waals surface area contributed by atoms with Crippen LogP contribution in [0.15, 0.2) is 23.1 Å². The summed E-state index contributed by atoms with van der Waals surface area (Å²) < 4.78 is 10.3. The van der Waals surface area contributed by atoms with Gasteiger partial charge in [-0.15, -0.1) is 11.8 Å². The Morgan fingerprint density at radius 3 is 2.88 bits per heavy atom. The van der Waals surface area contributed by atoms with E-state index in [9.17, 15) is 0 Å². The van der Waals surface area contributed by atoms with Crippen LogP contribution in [-0.4, -0.2) is 37.8 Å². The van der Waals surface area contributed by atoms with Gasteiger partial charge < -0.3 is 20.3 Å². The highest BCUT2D eigenvalue weighted by Crippen LogP contribution is 2.28. The van der Waals surface area contributed by atoms with Gasteiger partial charge in [0.05, 0.1) is 26.9 Å². The van der Waals surface area contributed by atoms with Gasteiger partial charge in [0.2, 0.25) is 0 Å². The average Bonchev–Trinajstić information content (AvgIpc) is 2.31. The van der Waals surface area contributed by atoms with Gasteiger partial charge in [-0.2, -0.15) is 0 Å².